The summed E-state index contributed by atoms with van der Waals surface area (Å²) in [7, 11) is 1.41. The number of imide groups is 1. The fraction of sp³-hybridized carbons (Fsp3) is 0.750. The molecule has 3 N–H and O–H groups in total. The van der Waals surface area contributed by atoms with Crippen molar-refractivity contribution in [2.75, 3.05) is 13.6 Å². The minimum absolute atomic E-state index is 0.430. The standard InChI is InChI=1S/C12H21N3O4/c1-4-12(10(17)18)6-5-7-15(12)8(2)9(16)14-11(19)13-3/h8H,4-7H2,1-3H3,(H,17,18)(H2,13,14,16,19). The molecule has 7 nitrogen and oxygen atoms in total. The number of carboxylic acid groups (broad SMARTS) is 1. The van der Waals surface area contributed by atoms with Gasteiger partial charge in [0.2, 0.25) is 5.91 Å². The van der Waals surface area contributed by atoms with E-state index in [0.29, 0.717) is 19.4 Å². The number of aliphatic carboxylic acids is 1. The lowest BCUT2D eigenvalue weighted by molar-refractivity contribution is -0.152. The first-order chi connectivity index (χ1) is 8.89. The summed E-state index contributed by atoms with van der Waals surface area (Å²) in [4.78, 5) is 36.2. The fourth-order valence-electron chi connectivity index (χ4n) is 2.65. The van der Waals surface area contributed by atoms with Gasteiger partial charge in [0.05, 0.1) is 6.04 Å². The largest absolute Gasteiger partial charge is 0.480 e. The summed E-state index contributed by atoms with van der Waals surface area (Å²) in [6.07, 6.45) is 1.69. The monoisotopic (exact) mass is 271 g/mol. The van der Waals surface area contributed by atoms with Crippen molar-refractivity contribution < 1.29 is 19.5 Å². The van der Waals surface area contributed by atoms with Gasteiger partial charge < -0.3 is 10.4 Å². The molecule has 3 amide bonds. The highest BCUT2D eigenvalue weighted by Crippen LogP contribution is 2.34. The molecule has 0 aliphatic carbocycles. The molecule has 0 aromatic carbocycles. The number of hydrogen-bond donors (Lipinski definition) is 3. The van der Waals surface area contributed by atoms with Crippen molar-refractivity contribution in [3.05, 3.63) is 0 Å². The van der Waals surface area contributed by atoms with E-state index in [2.05, 4.69) is 10.6 Å². The Bertz CT molecular complexity index is 385. The Labute approximate surface area is 112 Å². The van der Waals surface area contributed by atoms with E-state index in [-0.39, 0.29) is 0 Å². The van der Waals surface area contributed by atoms with Crippen LogP contribution < -0.4 is 10.6 Å². The van der Waals surface area contributed by atoms with E-state index in [0.717, 1.165) is 6.42 Å². The van der Waals surface area contributed by atoms with Crippen molar-refractivity contribution in [3.8, 4) is 0 Å². The van der Waals surface area contributed by atoms with Gasteiger partial charge in [-0.3, -0.25) is 19.8 Å². The van der Waals surface area contributed by atoms with Crippen molar-refractivity contribution >= 4 is 17.9 Å². The second-order valence-electron chi connectivity index (χ2n) is 4.73. The van der Waals surface area contributed by atoms with E-state index < -0.39 is 29.5 Å². The van der Waals surface area contributed by atoms with Crippen molar-refractivity contribution in [2.24, 2.45) is 0 Å². The van der Waals surface area contributed by atoms with E-state index in [9.17, 15) is 19.5 Å². The Balaban J connectivity index is 2.85. The minimum atomic E-state index is -1.00. The zero-order chi connectivity index (χ0) is 14.6. The van der Waals surface area contributed by atoms with Crippen LogP contribution in [-0.2, 0) is 9.59 Å². The summed E-state index contributed by atoms with van der Waals surface area (Å²) < 4.78 is 0. The summed E-state index contributed by atoms with van der Waals surface area (Å²) >= 11 is 0. The van der Waals surface area contributed by atoms with Crippen LogP contribution in [0.5, 0.6) is 0 Å². The quantitative estimate of drug-likeness (QED) is 0.676. The van der Waals surface area contributed by atoms with Crippen LogP contribution in [0.4, 0.5) is 4.79 Å². The number of amides is 3. The average molecular weight is 271 g/mol. The SMILES string of the molecule is CCC1(C(=O)O)CCCN1C(C)C(=O)NC(=O)NC. The Morgan fingerprint density at radius 3 is 2.53 bits per heavy atom. The third kappa shape index (κ3) is 2.86. The van der Waals surface area contributed by atoms with E-state index in [1.807, 2.05) is 0 Å². The van der Waals surface area contributed by atoms with Gasteiger partial charge in [0, 0.05) is 13.6 Å². The molecule has 19 heavy (non-hydrogen) atoms. The molecule has 1 saturated heterocycles. The molecule has 7 heteroatoms. The summed E-state index contributed by atoms with van der Waals surface area (Å²) in [5.41, 5.74) is -1.00. The molecule has 0 aromatic heterocycles. The van der Waals surface area contributed by atoms with Gasteiger partial charge in [-0.25, -0.2) is 4.79 Å². The van der Waals surface area contributed by atoms with Crippen LogP contribution in [0.3, 0.4) is 0 Å². The van der Waals surface area contributed by atoms with Crippen LogP contribution in [-0.4, -0.2) is 53.1 Å². The van der Waals surface area contributed by atoms with E-state index in [1.165, 1.54) is 7.05 Å². The van der Waals surface area contributed by atoms with Crippen molar-refractivity contribution in [2.45, 2.75) is 44.7 Å². The molecule has 1 aliphatic rings. The minimum Gasteiger partial charge on any atom is -0.480 e. The number of nitrogens with one attached hydrogen (secondary N) is 2. The molecule has 2 unspecified atom stereocenters. The van der Waals surface area contributed by atoms with Gasteiger partial charge in [0.15, 0.2) is 0 Å². The maximum Gasteiger partial charge on any atom is 0.324 e. The van der Waals surface area contributed by atoms with Crippen molar-refractivity contribution in [3.63, 3.8) is 0 Å². The van der Waals surface area contributed by atoms with E-state index in [1.54, 1.807) is 18.7 Å². The fourth-order valence-corrected chi connectivity index (χ4v) is 2.65. The first kappa shape index (κ1) is 15.4. The normalized spacial score (nSPS) is 24.8. The first-order valence-electron chi connectivity index (χ1n) is 6.41. The summed E-state index contributed by atoms with van der Waals surface area (Å²) in [6.45, 7) is 3.97. The topological polar surface area (TPSA) is 98.7 Å². The van der Waals surface area contributed by atoms with Crippen LogP contribution in [0.25, 0.3) is 0 Å². The maximum absolute atomic E-state index is 11.9. The Hall–Kier alpha value is -1.63. The lowest BCUT2D eigenvalue weighted by Crippen LogP contribution is -2.58. The number of nitrogens with zero attached hydrogens (tertiary/aromatic N) is 1. The molecule has 1 aliphatic heterocycles. The summed E-state index contributed by atoms with van der Waals surface area (Å²) in [6, 6.07) is -1.25. The van der Waals surface area contributed by atoms with Gasteiger partial charge in [0.25, 0.3) is 0 Å². The highest BCUT2D eigenvalue weighted by molar-refractivity contribution is 5.97. The van der Waals surface area contributed by atoms with E-state index >= 15 is 0 Å². The Morgan fingerprint density at radius 2 is 2.05 bits per heavy atom. The van der Waals surface area contributed by atoms with E-state index in [4.69, 9.17) is 0 Å². The number of carboxylic acids is 1. The third-order valence-electron chi connectivity index (χ3n) is 3.83. The maximum atomic E-state index is 11.9. The van der Waals surface area contributed by atoms with Gasteiger partial charge in [-0.2, -0.15) is 0 Å². The van der Waals surface area contributed by atoms with Gasteiger partial charge >= 0.3 is 12.0 Å². The average Bonchev–Trinajstić information content (AvgIpc) is 2.82. The number of carbonyl (C=O) groups excluding carboxylic acids is 2. The molecular formula is C12H21N3O4. The Morgan fingerprint density at radius 1 is 1.42 bits per heavy atom. The highest BCUT2D eigenvalue weighted by Gasteiger charge is 2.49. The highest BCUT2D eigenvalue weighted by atomic mass is 16.4. The zero-order valence-corrected chi connectivity index (χ0v) is 11.5. The lowest BCUT2D eigenvalue weighted by Gasteiger charge is -2.37. The molecule has 0 saturated carbocycles. The van der Waals surface area contributed by atoms with Gasteiger partial charge in [-0.05, 0) is 26.2 Å². The second kappa shape index (κ2) is 6.01. The predicted molar refractivity (Wildman–Crippen MR) is 68.7 cm³/mol. The summed E-state index contributed by atoms with van der Waals surface area (Å²) in [5, 5.41) is 13.9. The number of urea groups is 1. The van der Waals surface area contributed by atoms with Crippen LogP contribution in [0.2, 0.25) is 0 Å². The van der Waals surface area contributed by atoms with Crippen molar-refractivity contribution in [1.29, 1.82) is 0 Å². The van der Waals surface area contributed by atoms with Gasteiger partial charge in [-0.15, -0.1) is 0 Å². The molecule has 0 aromatic rings. The number of hydrogen-bond acceptors (Lipinski definition) is 4. The predicted octanol–water partition coefficient (Wildman–Crippen LogP) is 0.160. The summed E-state index contributed by atoms with van der Waals surface area (Å²) in [5.74, 6) is -1.40. The molecule has 1 heterocycles. The molecule has 0 bridgehead atoms. The smallest absolute Gasteiger partial charge is 0.324 e. The molecule has 0 radical (unpaired) electrons. The van der Waals surface area contributed by atoms with Crippen LogP contribution in [0.15, 0.2) is 0 Å². The van der Waals surface area contributed by atoms with Crippen LogP contribution >= 0.6 is 0 Å². The van der Waals surface area contributed by atoms with Gasteiger partial charge in [-0.1, -0.05) is 6.92 Å². The first-order valence-corrected chi connectivity index (χ1v) is 6.41. The molecular weight excluding hydrogens is 250 g/mol. The third-order valence-corrected chi connectivity index (χ3v) is 3.83. The number of rotatable bonds is 4. The lowest BCUT2D eigenvalue weighted by atomic mass is 9.92. The number of carbonyl (C=O) groups is 3. The molecule has 1 fully saturated rings. The van der Waals surface area contributed by atoms with Crippen LogP contribution in [0.1, 0.15) is 33.1 Å². The van der Waals surface area contributed by atoms with Gasteiger partial charge in [0.1, 0.15) is 5.54 Å². The molecule has 2 atom stereocenters. The van der Waals surface area contributed by atoms with Crippen LogP contribution in [0, 0.1) is 0 Å². The number of likely N-dealkylation sites (tertiary alicyclic amines) is 1. The Kier molecular flexibility index (Phi) is 4.88. The molecule has 1 rings (SSSR count). The molecule has 0 spiro atoms. The second-order valence-corrected chi connectivity index (χ2v) is 4.73. The van der Waals surface area contributed by atoms with Crippen molar-refractivity contribution in [1.82, 2.24) is 15.5 Å². The molecule has 108 valence electrons. The zero-order valence-electron chi connectivity index (χ0n) is 11.5.